The summed E-state index contributed by atoms with van der Waals surface area (Å²) in [5.41, 5.74) is 1.98. The van der Waals surface area contributed by atoms with Crippen LogP contribution in [-0.2, 0) is 6.54 Å². The van der Waals surface area contributed by atoms with Gasteiger partial charge in [-0.05, 0) is 36.8 Å². The molecule has 27 heavy (non-hydrogen) atoms. The molecule has 1 N–H and O–H groups in total. The van der Waals surface area contributed by atoms with Gasteiger partial charge in [0, 0.05) is 12.1 Å². The third-order valence-corrected chi connectivity index (χ3v) is 4.43. The average Bonchev–Trinajstić information content (AvgIpc) is 3.21. The second-order valence-corrected chi connectivity index (χ2v) is 6.34. The summed E-state index contributed by atoms with van der Waals surface area (Å²) in [7, 11) is 0. The summed E-state index contributed by atoms with van der Waals surface area (Å²) >= 11 is 6.18. The number of hydrogen-bond acceptors (Lipinski definition) is 4. The molecule has 4 rings (SSSR count). The Labute approximate surface area is 158 Å². The lowest BCUT2D eigenvalue weighted by Gasteiger charge is -2.04. The van der Waals surface area contributed by atoms with E-state index in [1.165, 1.54) is 16.6 Å². The summed E-state index contributed by atoms with van der Waals surface area (Å²) in [6, 6.07) is 13.1. The number of aryl methyl sites for hydroxylation is 1. The van der Waals surface area contributed by atoms with E-state index in [9.17, 15) is 9.18 Å². The normalized spacial score (nSPS) is 11.1. The van der Waals surface area contributed by atoms with Gasteiger partial charge in [0.2, 0.25) is 5.76 Å². The highest BCUT2D eigenvalue weighted by Crippen LogP contribution is 2.26. The Balaban J connectivity index is 1.57. The molecule has 1 amide bonds. The minimum absolute atomic E-state index is 0.123. The van der Waals surface area contributed by atoms with Crippen LogP contribution in [0.5, 0.6) is 0 Å². The van der Waals surface area contributed by atoms with E-state index in [1.54, 1.807) is 25.1 Å². The van der Waals surface area contributed by atoms with Gasteiger partial charge in [0.05, 0.1) is 10.7 Å². The number of nitrogens with zero attached hydrogens (tertiary/aromatic N) is 3. The molecule has 0 fully saturated rings. The topological polar surface area (TPSA) is 72.4 Å². The molecule has 0 atom stereocenters. The van der Waals surface area contributed by atoms with Crippen molar-refractivity contribution in [3.8, 4) is 11.4 Å². The smallest absolute Gasteiger partial charge is 0.325 e. The minimum atomic E-state index is -0.400. The van der Waals surface area contributed by atoms with Gasteiger partial charge in [-0.1, -0.05) is 35.9 Å². The first-order valence-corrected chi connectivity index (χ1v) is 8.54. The first-order valence-electron chi connectivity index (χ1n) is 8.16. The second kappa shape index (κ2) is 6.85. The Kier molecular flexibility index (Phi) is 4.37. The zero-order valence-corrected chi connectivity index (χ0v) is 15.0. The Morgan fingerprint density at radius 1 is 1.22 bits per heavy atom. The zero-order valence-electron chi connectivity index (χ0n) is 14.2. The monoisotopic (exact) mass is 384 g/mol. The maximum atomic E-state index is 12.9. The number of benzene rings is 2. The zero-order chi connectivity index (χ0) is 19.0. The molecule has 0 saturated carbocycles. The van der Waals surface area contributed by atoms with Crippen molar-refractivity contribution in [2.45, 2.75) is 13.5 Å². The van der Waals surface area contributed by atoms with Crippen molar-refractivity contribution in [2.24, 2.45) is 0 Å². The molecule has 0 aliphatic heterocycles. The molecule has 0 aliphatic carbocycles. The van der Waals surface area contributed by atoms with Crippen LogP contribution in [-0.4, -0.2) is 20.5 Å². The van der Waals surface area contributed by atoms with Crippen LogP contribution in [0.4, 0.5) is 4.39 Å². The molecule has 2 aromatic heterocycles. The highest BCUT2D eigenvalue weighted by Gasteiger charge is 2.21. The number of rotatable bonds is 4. The Morgan fingerprint density at radius 3 is 2.67 bits per heavy atom. The van der Waals surface area contributed by atoms with Gasteiger partial charge in [0.15, 0.2) is 5.82 Å². The largest absolute Gasteiger partial charge is 0.416 e. The molecule has 4 aromatic rings. The van der Waals surface area contributed by atoms with Crippen molar-refractivity contribution >= 4 is 23.4 Å². The molecular formula is C19H14ClFN4O2. The minimum Gasteiger partial charge on any atom is -0.416 e. The summed E-state index contributed by atoms with van der Waals surface area (Å²) in [6.07, 6.45) is 0. The number of carbonyl (C=O) groups excluding carboxylic acids is 1. The highest BCUT2D eigenvalue weighted by atomic mass is 35.5. The second-order valence-electron chi connectivity index (χ2n) is 5.94. The van der Waals surface area contributed by atoms with Crippen molar-refractivity contribution in [3.63, 3.8) is 0 Å². The number of carbonyl (C=O) groups is 1. The van der Waals surface area contributed by atoms with Gasteiger partial charge in [0.1, 0.15) is 5.82 Å². The number of amides is 1. The lowest BCUT2D eigenvalue weighted by molar-refractivity contribution is 0.0924. The Bertz CT molecular complexity index is 1130. The summed E-state index contributed by atoms with van der Waals surface area (Å²) < 4.78 is 20.0. The number of aromatic nitrogens is 3. The van der Waals surface area contributed by atoms with Crippen molar-refractivity contribution in [1.82, 2.24) is 19.9 Å². The molecule has 0 aliphatic rings. The van der Waals surface area contributed by atoms with Crippen LogP contribution < -0.4 is 5.32 Å². The predicted molar refractivity (Wildman–Crippen MR) is 98.0 cm³/mol. The van der Waals surface area contributed by atoms with E-state index >= 15 is 0 Å². The molecule has 0 saturated heterocycles. The highest BCUT2D eigenvalue weighted by molar-refractivity contribution is 6.33. The molecule has 8 heteroatoms. The molecule has 136 valence electrons. The maximum absolute atomic E-state index is 12.9. The van der Waals surface area contributed by atoms with Gasteiger partial charge < -0.3 is 9.73 Å². The van der Waals surface area contributed by atoms with Gasteiger partial charge in [-0.15, -0.1) is 5.10 Å². The van der Waals surface area contributed by atoms with E-state index in [1.807, 2.05) is 18.2 Å². The van der Waals surface area contributed by atoms with Crippen molar-refractivity contribution < 1.29 is 13.6 Å². The van der Waals surface area contributed by atoms with Crippen LogP contribution in [0.1, 0.15) is 21.8 Å². The van der Waals surface area contributed by atoms with Crippen LogP contribution in [0, 0.1) is 12.7 Å². The van der Waals surface area contributed by atoms with Crippen LogP contribution in [0.15, 0.2) is 52.9 Å². The number of hydrogen-bond donors (Lipinski definition) is 1. The lowest BCUT2D eigenvalue weighted by Crippen LogP contribution is -2.23. The molecular weight excluding hydrogens is 371 g/mol. The summed E-state index contributed by atoms with van der Waals surface area (Å²) in [6.45, 7) is 1.97. The van der Waals surface area contributed by atoms with Crippen molar-refractivity contribution in [2.75, 3.05) is 0 Å². The first kappa shape index (κ1) is 17.2. The van der Waals surface area contributed by atoms with E-state index in [4.69, 9.17) is 16.0 Å². The summed E-state index contributed by atoms with van der Waals surface area (Å²) in [4.78, 5) is 16.7. The van der Waals surface area contributed by atoms with Crippen molar-refractivity contribution in [1.29, 1.82) is 0 Å². The summed E-state index contributed by atoms with van der Waals surface area (Å²) in [5, 5.41) is 7.65. The molecule has 6 nitrogen and oxygen atoms in total. The van der Waals surface area contributed by atoms with Gasteiger partial charge in [-0.2, -0.15) is 9.50 Å². The van der Waals surface area contributed by atoms with E-state index < -0.39 is 5.91 Å². The van der Waals surface area contributed by atoms with Gasteiger partial charge in [0.25, 0.3) is 5.91 Å². The maximum Gasteiger partial charge on any atom is 0.325 e. The SMILES string of the molecule is Cc1c(C(=O)NCc2ccc(F)cc2)oc2nc(-c3ccccc3Cl)nn12. The molecule has 2 heterocycles. The van der Waals surface area contributed by atoms with Crippen LogP contribution in [0.2, 0.25) is 5.02 Å². The Hall–Kier alpha value is -3.19. The Morgan fingerprint density at radius 2 is 1.96 bits per heavy atom. The van der Waals surface area contributed by atoms with Gasteiger partial charge in [-0.3, -0.25) is 4.79 Å². The number of halogens is 2. The molecule has 0 bridgehead atoms. The molecule has 0 unspecified atom stereocenters. The van der Waals surface area contributed by atoms with Gasteiger partial charge in [-0.25, -0.2) is 4.39 Å². The van der Waals surface area contributed by atoms with Crippen molar-refractivity contribution in [3.05, 3.63) is 76.4 Å². The van der Waals surface area contributed by atoms with Gasteiger partial charge >= 0.3 is 5.84 Å². The third kappa shape index (κ3) is 3.29. The predicted octanol–water partition coefficient (Wildman–Crippen LogP) is 4.02. The number of oxazole rings is 1. The van der Waals surface area contributed by atoms with E-state index in [2.05, 4.69) is 15.4 Å². The molecule has 0 spiro atoms. The van der Waals surface area contributed by atoms with E-state index in [-0.39, 0.29) is 24.0 Å². The van der Waals surface area contributed by atoms with E-state index in [0.29, 0.717) is 22.1 Å². The average molecular weight is 385 g/mol. The van der Waals surface area contributed by atoms with E-state index in [0.717, 1.165) is 5.56 Å². The number of nitrogens with one attached hydrogen (secondary N) is 1. The standard InChI is InChI=1S/C19H14ClFN4O2/c1-11-16(18(26)22-10-12-6-8-13(21)9-7-12)27-19-23-17(24-25(11)19)14-4-2-3-5-15(14)20/h2-9H,10H2,1H3,(H,22,26). The van der Waals surface area contributed by atoms with Crippen LogP contribution >= 0.6 is 11.6 Å². The quantitative estimate of drug-likeness (QED) is 0.576. The first-order chi connectivity index (χ1) is 13.0. The molecule has 2 aromatic carbocycles. The lowest BCUT2D eigenvalue weighted by atomic mass is 10.2. The fourth-order valence-electron chi connectivity index (χ4n) is 2.68. The van der Waals surface area contributed by atoms with Crippen LogP contribution in [0.25, 0.3) is 17.2 Å². The number of fused-ring (bicyclic) bond motifs is 1. The third-order valence-electron chi connectivity index (χ3n) is 4.10. The van der Waals surface area contributed by atoms with Crippen LogP contribution in [0.3, 0.4) is 0 Å². The fraction of sp³-hybridized carbons (Fsp3) is 0.105. The molecule has 0 radical (unpaired) electrons. The fourth-order valence-corrected chi connectivity index (χ4v) is 2.90. The summed E-state index contributed by atoms with van der Waals surface area (Å²) in [5.74, 6) is 0.0184.